The third-order valence-electron chi connectivity index (χ3n) is 3.48. The van der Waals surface area contributed by atoms with Gasteiger partial charge < -0.3 is 5.73 Å². The van der Waals surface area contributed by atoms with Crippen molar-refractivity contribution in [3.63, 3.8) is 0 Å². The van der Waals surface area contributed by atoms with Gasteiger partial charge in [-0.25, -0.2) is 4.39 Å². The van der Waals surface area contributed by atoms with Crippen LogP contribution in [0, 0.1) is 5.82 Å². The molecule has 3 aromatic rings. The van der Waals surface area contributed by atoms with Crippen LogP contribution in [0.2, 0.25) is 0 Å². The number of benzene rings is 2. The number of nitrogens with two attached hydrogens (primary N) is 1. The number of hydrogen-bond acceptors (Lipinski definition) is 2. The smallest absolute Gasteiger partial charge is 0.126 e. The maximum Gasteiger partial charge on any atom is 0.126 e. The normalized spacial score (nSPS) is 12.5. The summed E-state index contributed by atoms with van der Waals surface area (Å²) in [5.41, 5.74) is 8.82. The van der Waals surface area contributed by atoms with E-state index in [4.69, 9.17) is 5.73 Å². The molecule has 1 heterocycles. The summed E-state index contributed by atoms with van der Waals surface area (Å²) in [5, 5.41) is 1.03. The molecule has 2 N–H and O–H groups in total. The fourth-order valence-corrected chi connectivity index (χ4v) is 2.46. The van der Waals surface area contributed by atoms with Crippen LogP contribution in [0.3, 0.4) is 0 Å². The highest BCUT2D eigenvalue weighted by atomic mass is 19.1. The van der Waals surface area contributed by atoms with E-state index in [1.54, 1.807) is 18.3 Å². The van der Waals surface area contributed by atoms with Crippen LogP contribution in [0.5, 0.6) is 0 Å². The molecule has 0 spiro atoms. The van der Waals surface area contributed by atoms with Crippen molar-refractivity contribution in [2.24, 2.45) is 5.73 Å². The summed E-state index contributed by atoms with van der Waals surface area (Å²) in [4.78, 5) is 4.32. The van der Waals surface area contributed by atoms with E-state index in [9.17, 15) is 4.39 Å². The fraction of sp³-hybridized carbons (Fsp3) is 0.118. The predicted molar refractivity (Wildman–Crippen MR) is 78.8 cm³/mol. The number of fused-ring (bicyclic) bond motifs is 1. The second-order valence-corrected chi connectivity index (χ2v) is 4.82. The number of nitrogens with zero attached hydrogens (tertiary/aromatic N) is 1. The van der Waals surface area contributed by atoms with Crippen molar-refractivity contribution in [1.29, 1.82) is 0 Å². The lowest BCUT2D eigenvalue weighted by atomic mass is 9.96. The number of aromatic nitrogens is 1. The SMILES string of the molecule is NC(Cc1ccccc1F)c1cccc2ncccc12. The molecule has 0 amide bonds. The van der Waals surface area contributed by atoms with Crippen molar-refractivity contribution in [3.05, 3.63) is 77.7 Å². The standard InChI is InChI=1S/C17H15FN2/c18-15-8-2-1-5-12(15)11-16(19)13-6-3-9-17-14(13)7-4-10-20-17/h1-10,16H,11,19H2. The van der Waals surface area contributed by atoms with Gasteiger partial charge in [0.15, 0.2) is 0 Å². The third kappa shape index (κ3) is 2.40. The summed E-state index contributed by atoms with van der Waals surface area (Å²) >= 11 is 0. The maximum absolute atomic E-state index is 13.7. The van der Waals surface area contributed by atoms with Gasteiger partial charge in [0.05, 0.1) is 5.52 Å². The lowest BCUT2D eigenvalue weighted by Crippen LogP contribution is -2.14. The Hall–Kier alpha value is -2.26. The van der Waals surface area contributed by atoms with Crippen LogP contribution in [0.15, 0.2) is 60.8 Å². The van der Waals surface area contributed by atoms with Gasteiger partial charge in [0.1, 0.15) is 5.82 Å². The fourth-order valence-electron chi connectivity index (χ4n) is 2.46. The molecule has 1 unspecified atom stereocenters. The summed E-state index contributed by atoms with van der Waals surface area (Å²) in [5.74, 6) is -0.207. The number of rotatable bonds is 3. The molecule has 3 heteroatoms. The Balaban J connectivity index is 1.97. The van der Waals surface area contributed by atoms with E-state index in [-0.39, 0.29) is 11.9 Å². The van der Waals surface area contributed by atoms with Gasteiger partial charge in [-0.05, 0) is 35.7 Å². The second-order valence-electron chi connectivity index (χ2n) is 4.82. The number of halogens is 1. The van der Waals surface area contributed by atoms with E-state index in [1.165, 1.54) is 6.07 Å². The zero-order valence-corrected chi connectivity index (χ0v) is 11.0. The molecule has 0 saturated carbocycles. The molecule has 3 rings (SSSR count). The van der Waals surface area contributed by atoms with Crippen LogP contribution in [-0.4, -0.2) is 4.98 Å². The Morgan fingerprint density at radius 1 is 1.00 bits per heavy atom. The molecule has 1 atom stereocenters. The third-order valence-corrected chi connectivity index (χ3v) is 3.48. The molecule has 0 bridgehead atoms. The molecule has 1 aromatic heterocycles. The Kier molecular flexibility index (Phi) is 3.44. The predicted octanol–water partition coefficient (Wildman–Crippen LogP) is 3.62. The van der Waals surface area contributed by atoms with E-state index in [0.29, 0.717) is 12.0 Å². The topological polar surface area (TPSA) is 38.9 Å². The molecular weight excluding hydrogens is 251 g/mol. The Morgan fingerprint density at radius 3 is 2.70 bits per heavy atom. The summed E-state index contributed by atoms with van der Waals surface area (Å²) in [6.07, 6.45) is 2.23. The molecular formula is C17H15FN2. The molecule has 2 aromatic carbocycles. The minimum absolute atomic E-state index is 0.207. The zero-order valence-electron chi connectivity index (χ0n) is 11.0. The zero-order chi connectivity index (χ0) is 13.9. The van der Waals surface area contributed by atoms with E-state index < -0.39 is 0 Å². The maximum atomic E-state index is 13.7. The van der Waals surface area contributed by atoms with Crippen molar-refractivity contribution in [2.45, 2.75) is 12.5 Å². The van der Waals surface area contributed by atoms with Gasteiger partial charge in [0.2, 0.25) is 0 Å². The van der Waals surface area contributed by atoms with E-state index >= 15 is 0 Å². The monoisotopic (exact) mass is 266 g/mol. The summed E-state index contributed by atoms with van der Waals surface area (Å²) < 4.78 is 13.7. The van der Waals surface area contributed by atoms with Crippen LogP contribution in [0.1, 0.15) is 17.2 Å². The van der Waals surface area contributed by atoms with Crippen LogP contribution < -0.4 is 5.73 Å². The van der Waals surface area contributed by atoms with Crippen molar-refractivity contribution >= 4 is 10.9 Å². The van der Waals surface area contributed by atoms with E-state index in [1.807, 2.05) is 36.4 Å². The minimum atomic E-state index is -0.250. The highest BCUT2D eigenvalue weighted by Crippen LogP contribution is 2.24. The minimum Gasteiger partial charge on any atom is -0.324 e. The van der Waals surface area contributed by atoms with Gasteiger partial charge in [-0.15, -0.1) is 0 Å². The van der Waals surface area contributed by atoms with Crippen molar-refractivity contribution in [2.75, 3.05) is 0 Å². The van der Waals surface area contributed by atoms with Gasteiger partial charge in [-0.1, -0.05) is 36.4 Å². The molecule has 100 valence electrons. The van der Waals surface area contributed by atoms with E-state index in [0.717, 1.165) is 16.5 Å². The van der Waals surface area contributed by atoms with Gasteiger partial charge in [0, 0.05) is 17.6 Å². The molecule has 0 saturated heterocycles. The Labute approximate surface area is 117 Å². The molecule has 0 aliphatic carbocycles. The first-order valence-electron chi connectivity index (χ1n) is 6.58. The second kappa shape index (κ2) is 5.39. The number of hydrogen-bond donors (Lipinski definition) is 1. The molecule has 20 heavy (non-hydrogen) atoms. The van der Waals surface area contributed by atoms with E-state index in [2.05, 4.69) is 4.98 Å². The number of pyridine rings is 1. The van der Waals surface area contributed by atoms with Crippen LogP contribution in [0.25, 0.3) is 10.9 Å². The highest BCUT2D eigenvalue weighted by Gasteiger charge is 2.12. The Morgan fingerprint density at radius 2 is 1.85 bits per heavy atom. The van der Waals surface area contributed by atoms with Crippen molar-refractivity contribution < 1.29 is 4.39 Å². The summed E-state index contributed by atoms with van der Waals surface area (Å²) in [6, 6.07) is 16.3. The van der Waals surface area contributed by atoms with Gasteiger partial charge in [-0.3, -0.25) is 4.98 Å². The molecule has 0 fully saturated rings. The van der Waals surface area contributed by atoms with Crippen molar-refractivity contribution in [1.82, 2.24) is 4.98 Å². The molecule has 2 nitrogen and oxygen atoms in total. The first kappa shape index (κ1) is 12.8. The van der Waals surface area contributed by atoms with Crippen LogP contribution in [-0.2, 0) is 6.42 Å². The van der Waals surface area contributed by atoms with Gasteiger partial charge in [0.25, 0.3) is 0 Å². The summed E-state index contributed by atoms with van der Waals surface area (Å²) in [7, 11) is 0. The largest absolute Gasteiger partial charge is 0.324 e. The van der Waals surface area contributed by atoms with Gasteiger partial charge in [-0.2, -0.15) is 0 Å². The quantitative estimate of drug-likeness (QED) is 0.786. The lowest BCUT2D eigenvalue weighted by Gasteiger charge is -2.15. The first-order chi connectivity index (χ1) is 9.75. The van der Waals surface area contributed by atoms with Gasteiger partial charge >= 0.3 is 0 Å². The molecule has 0 aliphatic rings. The molecule has 0 aliphatic heterocycles. The van der Waals surface area contributed by atoms with Crippen LogP contribution in [0.4, 0.5) is 4.39 Å². The Bertz CT molecular complexity index is 734. The first-order valence-corrected chi connectivity index (χ1v) is 6.58. The molecule has 0 radical (unpaired) electrons. The average molecular weight is 266 g/mol. The highest BCUT2D eigenvalue weighted by molar-refractivity contribution is 5.82. The van der Waals surface area contributed by atoms with Crippen LogP contribution >= 0.6 is 0 Å². The lowest BCUT2D eigenvalue weighted by molar-refractivity contribution is 0.594. The van der Waals surface area contributed by atoms with Crippen molar-refractivity contribution in [3.8, 4) is 0 Å². The summed E-state index contributed by atoms with van der Waals surface area (Å²) in [6.45, 7) is 0. The average Bonchev–Trinajstić information content (AvgIpc) is 2.49.